The minimum absolute atomic E-state index is 0.244. The molecule has 0 heterocycles. The van der Waals surface area contributed by atoms with Gasteiger partial charge in [0.1, 0.15) is 11.6 Å². The van der Waals surface area contributed by atoms with Gasteiger partial charge < -0.3 is 16.4 Å². The SMILES string of the molecule is CC(=O)NC(C)(C)C(=O)NC(Cc1ccc(Cl)cc1)C(N)=O. The van der Waals surface area contributed by atoms with Crippen LogP contribution in [0.4, 0.5) is 0 Å². The lowest BCUT2D eigenvalue weighted by molar-refractivity contribution is -0.133. The summed E-state index contributed by atoms with van der Waals surface area (Å²) in [5.74, 6) is -1.48. The van der Waals surface area contributed by atoms with Gasteiger partial charge in [-0.1, -0.05) is 23.7 Å². The molecular formula is C15H20ClN3O3. The maximum atomic E-state index is 12.2. The van der Waals surface area contributed by atoms with Gasteiger partial charge in [-0.2, -0.15) is 0 Å². The van der Waals surface area contributed by atoms with Gasteiger partial charge in [-0.3, -0.25) is 14.4 Å². The van der Waals surface area contributed by atoms with Crippen molar-refractivity contribution in [2.45, 2.75) is 38.8 Å². The number of carbonyl (C=O) groups is 3. The highest BCUT2D eigenvalue weighted by molar-refractivity contribution is 6.30. The highest BCUT2D eigenvalue weighted by atomic mass is 35.5. The topological polar surface area (TPSA) is 101 Å². The third-order valence-electron chi connectivity index (χ3n) is 3.06. The number of carbonyl (C=O) groups excluding carboxylic acids is 3. The highest BCUT2D eigenvalue weighted by Gasteiger charge is 2.31. The Kier molecular flexibility index (Phi) is 5.93. The predicted octanol–water partition coefficient (Wildman–Crippen LogP) is 0.767. The van der Waals surface area contributed by atoms with Crippen LogP contribution < -0.4 is 16.4 Å². The molecule has 0 spiro atoms. The molecule has 0 saturated carbocycles. The van der Waals surface area contributed by atoms with Gasteiger partial charge in [-0.25, -0.2) is 0 Å². The van der Waals surface area contributed by atoms with E-state index in [0.717, 1.165) is 5.56 Å². The fraction of sp³-hybridized carbons (Fsp3) is 0.400. The number of hydrogen-bond donors (Lipinski definition) is 3. The molecule has 0 aliphatic heterocycles. The van der Waals surface area contributed by atoms with Crippen molar-refractivity contribution in [3.8, 4) is 0 Å². The van der Waals surface area contributed by atoms with E-state index in [-0.39, 0.29) is 12.3 Å². The quantitative estimate of drug-likeness (QED) is 0.720. The number of primary amides is 1. The van der Waals surface area contributed by atoms with E-state index in [1.807, 2.05) is 0 Å². The monoisotopic (exact) mass is 325 g/mol. The minimum atomic E-state index is -1.14. The standard InChI is InChI=1S/C15H20ClN3O3/c1-9(20)19-15(2,3)14(22)18-12(13(17)21)8-10-4-6-11(16)7-5-10/h4-7,12H,8H2,1-3H3,(H2,17,21)(H,18,22)(H,19,20). The molecule has 0 radical (unpaired) electrons. The molecule has 120 valence electrons. The van der Waals surface area contributed by atoms with Crippen molar-refractivity contribution < 1.29 is 14.4 Å². The minimum Gasteiger partial charge on any atom is -0.368 e. The summed E-state index contributed by atoms with van der Waals surface area (Å²) in [6.45, 7) is 4.41. The second kappa shape index (κ2) is 7.26. The smallest absolute Gasteiger partial charge is 0.245 e. The zero-order valence-electron chi connectivity index (χ0n) is 12.8. The van der Waals surface area contributed by atoms with Crippen LogP contribution in [-0.4, -0.2) is 29.3 Å². The molecule has 0 fully saturated rings. The number of nitrogens with two attached hydrogens (primary N) is 1. The second-order valence-electron chi connectivity index (χ2n) is 5.57. The lowest BCUT2D eigenvalue weighted by Crippen LogP contribution is -2.58. The van der Waals surface area contributed by atoms with Crippen LogP contribution in [0.1, 0.15) is 26.3 Å². The van der Waals surface area contributed by atoms with Crippen molar-refractivity contribution in [2.24, 2.45) is 5.73 Å². The zero-order chi connectivity index (χ0) is 16.9. The summed E-state index contributed by atoms with van der Waals surface area (Å²) in [5.41, 5.74) is 5.01. The van der Waals surface area contributed by atoms with Crippen LogP contribution >= 0.6 is 11.6 Å². The summed E-state index contributed by atoms with van der Waals surface area (Å²) >= 11 is 5.80. The maximum absolute atomic E-state index is 12.2. The van der Waals surface area contributed by atoms with Gasteiger partial charge in [0.15, 0.2) is 0 Å². The van der Waals surface area contributed by atoms with Gasteiger partial charge in [-0.15, -0.1) is 0 Å². The fourth-order valence-corrected chi connectivity index (χ4v) is 2.04. The first kappa shape index (κ1) is 18.0. The molecule has 0 aliphatic rings. The van der Waals surface area contributed by atoms with Gasteiger partial charge >= 0.3 is 0 Å². The van der Waals surface area contributed by atoms with Crippen LogP contribution in [0, 0.1) is 0 Å². The number of amides is 3. The van der Waals surface area contributed by atoms with Crippen molar-refractivity contribution in [3.05, 3.63) is 34.9 Å². The van der Waals surface area contributed by atoms with Gasteiger partial charge in [0, 0.05) is 18.4 Å². The number of hydrogen-bond acceptors (Lipinski definition) is 3. The van der Waals surface area contributed by atoms with E-state index < -0.39 is 23.4 Å². The van der Waals surface area contributed by atoms with E-state index in [0.29, 0.717) is 5.02 Å². The van der Waals surface area contributed by atoms with E-state index in [2.05, 4.69) is 10.6 Å². The van der Waals surface area contributed by atoms with Crippen molar-refractivity contribution >= 4 is 29.3 Å². The first-order valence-electron chi connectivity index (χ1n) is 6.75. The van der Waals surface area contributed by atoms with Crippen LogP contribution in [0.15, 0.2) is 24.3 Å². The number of rotatable bonds is 6. The summed E-state index contributed by atoms with van der Waals surface area (Å²) in [6.07, 6.45) is 0.244. The molecule has 7 heteroatoms. The third kappa shape index (κ3) is 5.37. The molecular weight excluding hydrogens is 306 g/mol. The van der Waals surface area contributed by atoms with Crippen LogP contribution in [-0.2, 0) is 20.8 Å². The van der Waals surface area contributed by atoms with Crippen LogP contribution in [0.5, 0.6) is 0 Å². The third-order valence-corrected chi connectivity index (χ3v) is 3.31. The molecule has 0 aromatic heterocycles. The van der Waals surface area contributed by atoms with Crippen molar-refractivity contribution in [1.29, 1.82) is 0 Å². The summed E-state index contributed by atoms with van der Waals surface area (Å²) in [6, 6.07) is 6.02. The summed E-state index contributed by atoms with van der Waals surface area (Å²) < 4.78 is 0. The molecule has 1 rings (SSSR count). The first-order chi connectivity index (χ1) is 10.1. The molecule has 0 saturated heterocycles. The Bertz CT molecular complexity index is 570. The van der Waals surface area contributed by atoms with E-state index in [4.69, 9.17) is 17.3 Å². The number of halogens is 1. The molecule has 6 nitrogen and oxygen atoms in total. The molecule has 1 aromatic rings. The molecule has 4 N–H and O–H groups in total. The van der Waals surface area contributed by atoms with E-state index in [1.165, 1.54) is 6.92 Å². The Balaban J connectivity index is 2.80. The second-order valence-corrected chi connectivity index (χ2v) is 6.00. The van der Waals surface area contributed by atoms with E-state index in [9.17, 15) is 14.4 Å². The Labute approximate surface area is 134 Å². The largest absolute Gasteiger partial charge is 0.368 e. The molecule has 0 aliphatic carbocycles. The van der Waals surface area contributed by atoms with Crippen molar-refractivity contribution in [2.75, 3.05) is 0 Å². The lowest BCUT2D eigenvalue weighted by atomic mass is 10.0. The fourth-order valence-electron chi connectivity index (χ4n) is 1.91. The Morgan fingerprint density at radius 2 is 1.77 bits per heavy atom. The Morgan fingerprint density at radius 3 is 2.23 bits per heavy atom. The van der Waals surface area contributed by atoms with Gasteiger partial charge in [0.25, 0.3) is 0 Å². The van der Waals surface area contributed by atoms with E-state index >= 15 is 0 Å². The van der Waals surface area contributed by atoms with E-state index in [1.54, 1.807) is 38.1 Å². The Hall–Kier alpha value is -2.08. The van der Waals surface area contributed by atoms with Crippen molar-refractivity contribution in [1.82, 2.24) is 10.6 Å². The number of benzene rings is 1. The zero-order valence-corrected chi connectivity index (χ0v) is 13.5. The van der Waals surface area contributed by atoms with Crippen LogP contribution in [0.2, 0.25) is 5.02 Å². The summed E-state index contributed by atoms with van der Waals surface area (Å²) in [4.78, 5) is 34.9. The Morgan fingerprint density at radius 1 is 1.23 bits per heavy atom. The van der Waals surface area contributed by atoms with Gasteiger partial charge in [-0.05, 0) is 31.5 Å². The van der Waals surface area contributed by atoms with Gasteiger partial charge in [0.2, 0.25) is 17.7 Å². The first-order valence-corrected chi connectivity index (χ1v) is 7.13. The van der Waals surface area contributed by atoms with Crippen molar-refractivity contribution in [3.63, 3.8) is 0 Å². The predicted molar refractivity (Wildman–Crippen MR) is 84.2 cm³/mol. The maximum Gasteiger partial charge on any atom is 0.245 e. The van der Waals surface area contributed by atoms with Crippen LogP contribution in [0.25, 0.3) is 0 Å². The summed E-state index contributed by atoms with van der Waals surface area (Å²) in [7, 11) is 0. The highest BCUT2D eigenvalue weighted by Crippen LogP contribution is 2.12. The van der Waals surface area contributed by atoms with Crippen LogP contribution in [0.3, 0.4) is 0 Å². The molecule has 1 unspecified atom stereocenters. The molecule has 1 aromatic carbocycles. The lowest BCUT2D eigenvalue weighted by Gasteiger charge is -2.27. The van der Waals surface area contributed by atoms with Gasteiger partial charge in [0.05, 0.1) is 0 Å². The molecule has 22 heavy (non-hydrogen) atoms. The normalized spacial score (nSPS) is 12.4. The molecule has 3 amide bonds. The average Bonchev–Trinajstić information content (AvgIpc) is 2.38. The number of nitrogens with one attached hydrogen (secondary N) is 2. The summed E-state index contributed by atoms with van der Waals surface area (Å²) in [5, 5.41) is 5.66. The average molecular weight is 326 g/mol. The molecule has 1 atom stereocenters. The molecule has 0 bridgehead atoms.